The highest BCUT2D eigenvalue weighted by atomic mass is 32.1. The summed E-state index contributed by atoms with van der Waals surface area (Å²) in [7, 11) is 1.68. The fourth-order valence-electron chi connectivity index (χ4n) is 3.04. The molecule has 1 N–H and O–H groups in total. The van der Waals surface area contributed by atoms with Gasteiger partial charge in [0.05, 0.1) is 13.2 Å². The van der Waals surface area contributed by atoms with Crippen LogP contribution in [0.25, 0.3) is 17.0 Å². The molecule has 6 nitrogen and oxygen atoms in total. The molecule has 27 heavy (non-hydrogen) atoms. The summed E-state index contributed by atoms with van der Waals surface area (Å²) in [6.07, 6.45) is 0. The summed E-state index contributed by atoms with van der Waals surface area (Å²) in [6.45, 7) is 4.38. The molecule has 0 amide bonds. The monoisotopic (exact) mass is 379 g/mol. The molecular formula is C20H21N5OS. The quantitative estimate of drug-likeness (QED) is 0.527. The zero-order valence-corrected chi connectivity index (χ0v) is 16.3. The number of aromatic nitrogens is 4. The molecule has 3 aromatic heterocycles. The number of rotatable bonds is 6. The zero-order valence-electron chi connectivity index (χ0n) is 15.5. The normalized spacial score (nSPS) is 12.4. The van der Waals surface area contributed by atoms with Gasteiger partial charge in [-0.2, -0.15) is 15.9 Å². The second-order valence-corrected chi connectivity index (χ2v) is 7.44. The smallest absolute Gasteiger partial charge is 0.186 e. The second kappa shape index (κ2) is 7.36. The lowest BCUT2D eigenvalue weighted by molar-refractivity contribution is 0.414. The minimum Gasteiger partial charge on any atom is -0.497 e. The van der Waals surface area contributed by atoms with Crippen molar-refractivity contribution in [2.45, 2.75) is 19.9 Å². The number of methoxy groups -OCH3 is 1. The first kappa shape index (κ1) is 17.5. The van der Waals surface area contributed by atoms with E-state index in [9.17, 15) is 0 Å². The first-order valence-electron chi connectivity index (χ1n) is 8.81. The lowest BCUT2D eigenvalue weighted by Gasteiger charge is -2.23. The van der Waals surface area contributed by atoms with Gasteiger partial charge in [-0.3, -0.25) is 0 Å². The number of ether oxygens (including phenoxy) is 1. The summed E-state index contributed by atoms with van der Waals surface area (Å²) >= 11 is 1.63. The van der Waals surface area contributed by atoms with E-state index in [1.807, 2.05) is 41.1 Å². The van der Waals surface area contributed by atoms with Crippen molar-refractivity contribution in [2.24, 2.45) is 5.92 Å². The van der Waals surface area contributed by atoms with E-state index in [2.05, 4.69) is 41.5 Å². The molecule has 0 bridgehead atoms. The van der Waals surface area contributed by atoms with Gasteiger partial charge >= 0.3 is 0 Å². The lowest BCUT2D eigenvalue weighted by atomic mass is 9.96. The predicted octanol–water partition coefficient (Wildman–Crippen LogP) is 4.67. The molecule has 3 heterocycles. The van der Waals surface area contributed by atoms with Crippen molar-refractivity contribution in [2.75, 3.05) is 12.4 Å². The molecule has 0 spiro atoms. The number of benzene rings is 1. The number of thiophene rings is 1. The highest BCUT2D eigenvalue weighted by molar-refractivity contribution is 7.08. The van der Waals surface area contributed by atoms with Gasteiger partial charge in [-0.05, 0) is 47.2 Å². The Kier molecular flexibility index (Phi) is 4.77. The van der Waals surface area contributed by atoms with Crippen LogP contribution in [0.15, 0.2) is 53.2 Å². The molecule has 7 heteroatoms. The summed E-state index contributed by atoms with van der Waals surface area (Å²) in [4.78, 5) is 0. The lowest BCUT2D eigenvalue weighted by Crippen LogP contribution is -2.18. The van der Waals surface area contributed by atoms with E-state index in [0.717, 1.165) is 28.6 Å². The minimum absolute atomic E-state index is 0.127. The Balaban J connectivity index is 1.66. The predicted molar refractivity (Wildman–Crippen MR) is 108 cm³/mol. The Morgan fingerprint density at radius 3 is 2.52 bits per heavy atom. The fraction of sp³-hybridized carbons (Fsp3) is 0.250. The van der Waals surface area contributed by atoms with Crippen LogP contribution < -0.4 is 10.1 Å². The number of hydrogen-bond acceptors (Lipinski definition) is 6. The Morgan fingerprint density at radius 1 is 1.04 bits per heavy atom. The van der Waals surface area contributed by atoms with Gasteiger partial charge < -0.3 is 10.1 Å². The molecule has 0 aliphatic carbocycles. The number of nitrogens with zero attached hydrogens (tertiary/aromatic N) is 4. The third-order valence-corrected chi connectivity index (χ3v) is 5.17. The van der Waals surface area contributed by atoms with Gasteiger partial charge in [0.25, 0.3) is 0 Å². The van der Waals surface area contributed by atoms with Crippen LogP contribution in [-0.4, -0.2) is 26.9 Å². The standard InChI is InChI=1S/C20H21N5OS/c1-13(2)19(14-4-6-16(26-3)7-5-14)21-17-8-9-18-22-23-20(25(18)24-17)15-10-11-27-12-15/h4-13,19H,1-3H3,(H,21,24). The summed E-state index contributed by atoms with van der Waals surface area (Å²) < 4.78 is 7.05. The van der Waals surface area contributed by atoms with Crippen LogP contribution in [-0.2, 0) is 0 Å². The van der Waals surface area contributed by atoms with Gasteiger partial charge in [-0.15, -0.1) is 15.3 Å². The highest BCUT2D eigenvalue weighted by Gasteiger charge is 2.17. The molecule has 0 saturated heterocycles. The molecule has 0 radical (unpaired) electrons. The maximum absolute atomic E-state index is 5.27. The summed E-state index contributed by atoms with van der Waals surface area (Å²) in [6, 6.07) is 14.2. The largest absolute Gasteiger partial charge is 0.497 e. The molecule has 1 aromatic carbocycles. The van der Waals surface area contributed by atoms with E-state index >= 15 is 0 Å². The van der Waals surface area contributed by atoms with Crippen LogP contribution >= 0.6 is 11.3 Å². The van der Waals surface area contributed by atoms with Crippen LogP contribution in [0, 0.1) is 5.92 Å². The number of anilines is 1. The second-order valence-electron chi connectivity index (χ2n) is 6.66. The van der Waals surface area contributed by atoms with Gasteiger partial charge in [-0.25, -0.2) is 0 Å². The Morgan fingerprint density at radius 2 is 1.85 bits per heavy atom. The topological polar surface area (TPSA) is 64.3 Å². The van der Waals surface area contributed by atoms with Gasteiger partial charge in [0.2, 0.25) is 0 Å². The molecule has 0 aliphatic rings. The molecule has 0 fully saturated rings. The van der Waals surface area contributed by atoms with Crippen LogP contribution in [0.3, 0.4) is 0 Å². The molecule has 0 saturated carbocycles. The highest BCUT2D eigenvalue weighted by Crippen LogP contribution is 2.28. The number of hydrogen-bond donors (Lipinski definition) is 1. The third kappa shape index (κ3) is 3.50. The van der Waals surface area contributed by atoms with Crippen LogP contribution in [0.1, 0.15) is 25.5 Å². The van der Waals surface area contributed by atoms with E-state index in [1.54, 1.807) is 23.0 Å². The zero-order chi connectivity index (χ0) is 18.8. The fourth-order valence-corrected chi connectivity index (χ4v) is 3.68. The molecule has 1 atom stereocenters. The van der Waals surface area contributed by atoms with Crippen molar-refractivity contribution < 1.29 is 4.74 Å². The Hall–Kier alpha value is -2.93. The van der Waals surface area contributed by atoms with Crippen molar-refractivity contribution >= 4 is 22.8 Å². The van der Waals surface area contributed by atoms with E-state index in [4.69, 9.17) is 9.84 Å². The van der Waals surface area contributed by atoms with Crippen molar-refractivity contribution in [3.05, 3.63) is 58.8 Å². The van der Waals surface area contributed by atoms with E-state index in [0.29, 0.717) is 5.92 Å². The van der Waals surface area contributed by atoms with Crippen molar-refractivity contribution in [1.29, 1.82) is 0 Å². The number of fused-ring (bicyclic) bond motifs is 1. The van der Waals surface area contributed by atoms with Gasteiger partial charge in [0.1, 0.15) is 11.6 Å². The average Bonchev–Trinajstić information content (AvgIpc) is 3.35. The first-order valence-corrected chi connectivity index (χ1v) is 9.75. The number of nitrogens with one attached hydrogen (secondary N) is 1. The summed E-state index contributed by atoms with van der Waals surface area (Å²) in [5, 5.41) is 20.9. The van der Waals surface area contributed by atoms with Crippen LogP contribution in [0.2, 0.25) is 0 Å². The Labute approximate surface area is 161 Å². The molecule has 1 unspecified atom stereocenters. The van der Waals surface area contributed by atoms with E-state index in [-0.39, 0.29) is 6.04 Å². The van der Waals surface area contributed by atoms with E-state index < -0.39 is 0 Å². The average molecular weight is 379 g/mol. The molecular weight excluding hydrogens is 358 g/mol. The van der Waals surface area contributed by atoms with Crippen LogP contribution in [0.5, 0.6) is 5.75 Å². The SMILES string of the molecule is COc1ccc(C(Nc2ccc3nnc(-c4ccsc4)n3n2)C(C)C)cc1. The van der Waals surface area contributed by atoms with Gasteiger partial charge in [0.15, 0.2) is 11.5 Å². The maximum atomic E-state index is 5.27. The molecule has 0 aliphatic heterocycles. The van der Waals surface area contributed by atoms with Gasteiger partial charge in [0, 0.05) is 10.9 Å². The van der Waals surface area contributed by atoms with Crippen molar-refractivity contribution in [1.82, 2.24) is 19.8 Å². The first-order chi connectivity index (χ1) is 13.2. The van der Waals surface area contributed by atoms with Crippen LogP contribution in [0.4, 0.5) is 5.82 Å². The molecule has 138 valence electrons. The third-order valence-electron chi connectivity index (χ3n) is 4.49. The molecule has 4 rings (SSSR count). The maximum Gasteiger partial charge on any atom is 0.186 e. The summed E-state index contributed by atoms with van der Waals surface area (Å²) in [5.74, 6) is 2.77. The van der Waals surface area contributed by atoms with Crippen molar-refractivity contribution in [3.8, 4) is 17.1 Å². The Bertz CT molecular complexity index is 1020. The minimum atomic E-state index is 0.127. The molecule has 4 aromatic rings. The summed E-state index contributed by atoms with van der Waals surface area (Å²) in [5.41, 5.74) is 2.94. The van der Waals surface area contributed by atoms with Crippen molar-refractivity contribution in [3.63, 3.8) is 0 Å². The van der Waals surface area contributed by atoms with E-state index in [1.165, 1.54) is 5.56 Å². The van der Waals surface area contributed by atoms with Gasteiger partial charge in [-0.1, -0.05) is 26.0 Å².